The predicted molar refractivity (Wildman–Crippen MR) is 65.2 cm³/mol. The number of nitrogens with one attached hydrogen (secondary N) is 1. The number of rotatable bonds is 5. The molecule has 0 bridgehead atoms. The van der Waals surface area contributed by atoms with Crippen LogP contribution in [-0.2, 0) is 17.0 Å². The molecule has 0 aromatic carbocycles. The van der Waals surface area contributed by atoms with Gasteiger partial charge in [0.25, 0.3) is 0 Å². The second-order valence-corrected chi connectivity index (χ2v) is 4.60. The molecule has 4 nitrogen and oxygen atoms in total. The van der Waals surface area contributed by atoms with E-state index in [-0.39, 0.29) is 0 Å². The first kappa shape index (κ1) is 12.0. The lowest BCUT2D eigenvalue weighted by Crippen LogP contribution is -2.45. The number of ether oxygens (including phenoxy) is 1. The van der Waals surface area contributed by atoms with Crippen LogP contribution in [0, 0.1) is 0 Å². The molecule has 2 heterocycles. The van der Waals surface area contributed by atoms with Crippen molar-refractivity contribution in [2.45, 2.75) is 12.3 Å². The molecule has 90 valence electrons. The smallest absolute Gasteiger partial charge is 0.119 e. The average molecular weight is 242 g/mol. The van der Waals surface area contributed by atoms with Gasteiger partial charge in [-0.2, -0.15) is 11.8 Å². The molecule has 1 fully saturated rings. The van der Waals surface area contributed by atoms with Gasteiger partial charge in [-0.25, -0.2) is 10.4 Å². The topological polar surface area (TPSA) is 37.6 Å². The van der Waals surface area contributed by atoms with Crippen LogP contribution in [0.15, 0.2) is 16.5 Å². The Balaban J connectivity index is 1.75. The third kappa shape index (κ3) is 3.52. The summed E-state index contributed by atoms with van der Waals surface area (Å²) >= 11 is 1.77. The standard InChI is InChI=1S/C11H18N2O2S/c1-16-9-11-3-2-10(15-11)8-12-13-4-6-14-7-5-13/h2-3,12H,4-9H2,1H3. The zero-order valence-electron chi connectivity index (χ0n) is 9.57. The van der Waals surface area contributed by atoms with Gasteiger partial charge >= 0.3 is 0 Å². The third-order valence-electron chi connectivity index (χ3n) is 2.49. The molecule has 0 spiro atoms. The van der Waals surface area contributed by atoms with E-state index < -0.39 is 0 Å². The summed E-state index contributed by atoms with van der Waals surface area (Å²) < 4.78 is 11.0. The van der Waals surface area contributed by atoms with Gasteiger partial charge in [-0.1, -0.05) is 0 Å². The minimum Gasteiger partial charge on any atom is -0.464 e. The molecule has 1 aliphatic rings. The second-order valence-electron chi connectivity index (χ2n) is 3.74. The zero-order valence-corrected chi connectivity index (χ0v) is 10.4. The van der Waals surface area contributed by atoms with Crippen molar-refractivity contribution >= 4 is 11.8 Å². The van der Waals surface area contributed by atoms with Crippen LogP contribution < -0.4 is 5.43 Å². The Hall–Kier alpha value is -0.490. The summed E-state index contributed by atoms with van der Waals surface area (Å²) in [6.07, 6.45) is 2.08. The Morgan fingerprint density at radius 2 is 2.06 bits per heavy atom. The first-order chi connectivity index (χ1) is 7.88. The van der Waals surface area contributed by atoms with E-state index in [2.05, 4.69) is 16.7 Å². The van der Waals surface area contributed by atoms with Crippen molar-refractivity contribution in [2.75, 3.05) is 32.6 Å². The lowest BCUT2D eigenvalue weighted by molar-refractivity contribution is 0.00941. The number of hydrogen-bond acceptors (Lipinski definition) is 5. The molecule has 1 aromatic rings. The molecule has 16 heavy (non-hydrogen) atoms. The van der Waals surface area contributed by atoms with Crippen LogP contribution in [0.5, 0.6) is 0 Å². The monoisotopic (exact) mass is 242 g/mol. The van der Waals surface area contributed by atoms with E-state index >= 15 is 0 Å². The van der Waals surface area contributed by atoms with Gasteiger partial charge in [0.05, 0.1) is 25.5 Å². The molecule has 2 rings (SSSR count). The highest BCUT2D eigenvalue weighted by atomic mass is 32.2. The van der Waals surface area contributed by atoms with Crippen molar-refractivity contribution in [3.63, 3.8) is 0 Å². The fourth-order valence-electron chi connectivity index (χ4n) is 1.65. The summed E-state index contributed by atoms with van der Waals surface area (Å²) in [7, 11) is 0. The van der Waals surface area contributed by atoms with E-state index in [0.717, 1.165) is 50.1 Å². The molecule has 0 saturated carbocycles. The highest BCUT2D eigenvalue weighted by Gasteiger charge is 2.10. The molecule has 0 radical (unpaired) electrons. The quantitative estimate of drug-likeness (QED) is 0.846. The molecule has 0 atom stereocenters. The largest absolute Gasteiger partial charge is 0.464 e. The summed E-state index contributed by atoms with van der Waals surface area (Å²) in [4.78, 5) is 0. The summed E-state index contributed by atoms with van der Waals surface area (Å²) in [5.74, 6) is 2.99. The van der Waals surface area contributed by atoms with E-state index in [4.69, 9.17) is 9.15 Å². The maximum atomic E-state index is 5.67. The molecular formula is C11H18N2O2S. The maximum Gasteiger partial charge on any atom is 0.119 e. The van der Waals surface area contributed by atoms with Crippen molar-refractivity contribution in [3.05, 3.63) is 23.7 Å². The van der Waals surface area contributed by atoms with Gasteiger partial charge in [0.1, 0.15) is 11.5 Å². The minimum absolute atomic E-state index is 0.758. The maximum absolute atomic E-state index is 5.67. The number of hydrazine groups is 1. The third-order valence-corrected chi connectivity index (χ3v) is 3.07. The van der Waals surface area contributed by atoms with Crippen molar-refractivity contribution in [1.29, 1.82) is 0 Å². The number of thioether (sulfide) groups is 1. The molecule has 1 N–H and O–H groups in total. The number of nitrogens with zero attached hydrogens (tertiary/aromatic N) is 1. The van der Waals surface area contributed by atoms with Crippen LogP contribution in [0.25, 0.3) is 0 Å². The lowest BCUT2D eigenvalue weighted by atomic mass is 10.4. The Bertz CT molecular complexity index is 311. The number of furan rings is 1. The SMILES string of the molecule is CSCc1ccc(CNN2CCOCC2)o1. The predicted octanol–water partition coefficient (Wildman–Crippen LogP) is 1.48. The molecule has 1 aromatic heterocycles. The molecule has 1 aliphatic heterocycles. The first-order valence-electron chi connectivity index (χ1n) is 5.51. The number of hydrogen-bond donors (Lipinski definition) is 1. The fraction of sp³-hybridized carbons (Fsp3) is 0.636. The molecule has 0 unspecified atom stereocenters. The highest BCUT2D eigenvalue weighted by Crippen LogP contribution is 2.13. The molecule has 1 saturated heterocycles. The van der Waals surface area contributed by atoms with Gasteiger partial charge in [-0.3, -0.25) is 0 Å². The molecule has 5 heteroatoms. The van der Waals surface area contributed by atoms with Gasteiger partial charge in [0, 0.05) is 13.1 Å². The zero-order chi connectivity index (χ0) is 11.2. The molecule has 0 amide bonds. The summed E-state index contributed by atoms with van der Waals surface area (Å²) in [6, 6.07) is 4.09. The lowest BCUT2D eigenvalue weighted by Gasteiger charge is -2.26. The van der Waals surface area contributed by atoms with Crippen LogP contribution in [0.4, 0.5) is 0 Å². The second kappa shape index (κ2) is 6.30. The van der Waals surface area contributed by atoms with Crippen LogP contribution in [0.2, 0.25) is 0 Å². The molecular weight excluding hydrogens is 224 g/mol. The van der Waals surface area contributed by atoms with E-state index in [1.54, 1.807) is 11.8 Å². The van der Waals surface area contributed by atoms with E-state index in [0.29, 0.717) is 0 Å². The summed E-state index contributed by atoms with van der Waals surface area (Å²) in [5, 5.41) is 2.18. The highest BCUT2D eigenvalue weighted by molar-refractivity contribution is 7.97. The van der Waals surface area contributed by atoms with Crippen molar-refractivity contribution in [3.8, 4) is 0 Å². The minimum atomic E-state index is 0.758. The summed E-state index contributed by atoms with van der Waals surface area (Å²) in [6.45, 7) is 4.26. The fourth-order valence-corrected chi connectivity index (χ4v) is 2.09. The van der Waals surface area contributed by atoms with Crippen molar-refractivity contribution in [2.24, 2.45) is 0 Å². The summed E-state index contributed by atoms with van der Waals surface area (Å²) in [5.41, 5.74) is 3.35. The van der Waals surface area contributed by atoms with Crippen LogP contribution in [0.3, 0.4) is 0 Å². The van der Waals surface area contributed by atoms with E-state index in [9.17, 15) is 0 Å². The Morgan fingerprint density at radius 1 is 1.31 bits per heavy atom. The van der Waals surface area contributed by atoms with Gasteiger partial charge in [0.2, 0.25) is 0 Å². The average Bonchev–Trinajstić information content (AvgIpc) is 2.76. The Kier molecular flexibility index (Phi) is 4.71. The van der Waals surface area contributed by atoms with E-state index in [1.165, 1.54) is 0 Å². The number of morpholine rings is 1. The van der Waals surface area contributed by atoms with Crippen LogP contribution >= 0.6 is 11.8 Å². The first-order valence-corrected chi connectivity index (χ1v) is 6.90. The van der Waals surface area contributed by atoms with Crippen molar-refractivity contribution < 1.29 is 9.15 Å². The Morgan fingerprint density at radius 3 is 2.81 bits per heavy atom. The molecule has 0 aliphatic carbocycles. The van der Waals surface area contributed by atoms with E-state index in [1.807, 2.05) is 12.1 Å². The normalized spacial score (nSPS) is 17.8. The van der Waals surface area contributed by atoms with Gasteiger partial charge in [0.15, 0.2) is 0 Å². The van der Waals surface area contributed by atoms with Gasteiger partial charge in [-0.05, 0) is 18.4 Å². The van der Waals surface area contributed by atoms with Crippen LogP contribution in [-0.4, -0.2) is 37.6 Å². The van der Waals surface area contributed by atoms with Crippen molar-refractivity contribution in [1.82, 2.24) is 10.4 Å². The van der Waals surface area contributed by atoms with Gasteiger partial charge in [-0.15, -0.1) is 0 Å². The van der Waals surface area contributed by atoms with Gasteiger partial charge < -0.3 is 9.15 Å². The van der Waals surface area contributed by atoms with Crippen LogP contribution in [0.1, 0.15) is 11.5 Å². The Labute approximate surface area is 100 Å².